The highest BCUT2D eigenvalue weighted by Crippen LogP contribution is 2.28. The Bertz CT molecular complexity index is 230. The lowest BCUT2D eigenvalue weighted by atomic mass is 9.93. The van der Waals surface area contributed by atoms with Crippen LogP contribution in [0.15, 0.2) is 0 Å². The van der Waals surface area contributed by atoms with E-state index in [1.165, 1.54) is 6.42 Å². The van der Waals surface area contributed by atoms with E-state index in [9.17, 15) is 4.79 Å². The molecule has 0 bridgehead atoms. The van der Waals surface area contributed by atoms with Crippen molar-refractivity contribution in [2.45, 2.75) is 31.9 Å². The number of carbonyl (C=O) groups is 1. The van der Waals surface area contributed by atoms with Gasteiger partial charge in [0.2, 0.25) is 5.91 Å². The van der Waals surface area contributed by atoms with Gasteiger partial charge in [-0.15, -0.1) is 24.2 Å². The van der Waals surface area contributed by atoms with Crippen LogP contribution in [0.2, 0.25) is 0 Å². The molecule has 1 saturated heterocycles. The summed E-state index contributed by atoms with van der Waals surface area (Å²) in [5.74, 6) is 1.41. The summed E-state index contributed by atoms with van der Waals surface area (Å²) in [4.78, 5) is 13.8. The molecule has 1 atom stereocenters. The Balaban J connectivity index is 0.00000225. The zero-order chi connectivity index (χ0) is 11.5. The van der Waals surface area contributed by atoms with Crippen LogP contribution in [0.1, 0.15) is 26.7 Å². The summed E-state index contributed by atoms with van der Waals surface area (Å²) < 4.78 is 0. The lowest BCUT2D eigenvalue weighted by Gasteiger charge is -2.30. The highest BCUT2D eigenvalue weighted by atomic mass is 35.5. The smallest absolute Gasteiger partial charge is 0.235 e. The van der Waals surface area contributed by atoms with Gasteiger partial charge in [-0.05, 0) is 30.6 Å². The van der Waals surface area contributed by atoms with Gasteiger partial charge >= 0.3 is 0 Å². The molecule has 1 heterocycles. The van der Waals surface area contributed by atoms with Crippen LogP contribution in [0.25, 0.3) is 0 Å². The quantitative estimate of drug-likeness (QED) is 0.843. The number of halogens is 1. The third-order valence-corrected chi connectivity index (χ3v) is 4.16. The first-order valence-corrected chi connectivity index (χ1v) is 6.58. The summed E-state index contributed by atoms with van der Waals surface area (Å²) in [6.07, 6.45) is 2.21. The third kappa shape index (κ3) is 4.52. The molecule has 0 aromatic heterocycles. The fourth-order valence-electron chi connectivity index (χ4n) is 1.80. The van der Waals surface area contributed by atoms with E-state index >= 15 is 0 Å². The van der Waals surface area contributed by atoms with Crippen LogP contribution in [0.5, 0.6) is 0 Å². The van der Waals surface area contributed by atoms with E-state index < -0.39 is 0 Å². The summed E-state index contributed by atoms with van der Waals surface area (Å²) in [5, 5.41) is 0.198. The molecule has 3 nitrogen and oxygen atoms in total. The second-order valence-electron chi connectivity index (χ2n) is 5.06. The highest BCUT2D eigenvalue weighted by molar-refractivity contribution is 8.00. The van der Waals surface area contributed by atoms with Gasteiger partial charge in [-0.3, -0.25) is 4.79 Å². The SMILES string of the molecule is CN(CC(C)(C)CN)C(=O)C1CCCS1.Cl. The molecule has 0 aromatic rings. The first-order chi connectivity index (χ1) is 6.96. The normalized spacial score (nSPS) is 20.4. The summed E-state index contributed by atoms with van der Waals surface area (Å²) in [6.45, 7) is 5.55. The summed E-state index contributed by atoms with van der Waals surface area (Å²) in [6, 6.07) is 0. The predicted molar refractivity (Wildman–Crippen MR) is 73.2 cm³/mol. The molecule has 0 aliphatic carbocycles. The fourth-order valence-corrected chi connectivity index (χ4v) is 3.08. The molecule has 2 N–H and O–H groups in total. The maximum absolute atomic E-state index is 12.0. The molecule has 1 aliphatic rings. The van der Waals surface area contributed by atoms with Crippen molar-refractivity contribution < 1.29 is 4.79 Å². The fraction of sp³-hybridized carbons (Fsp3) is 0.909. The minimum Gasteiger partial charge on any atom is -0.344 e. The molecular weight excluding hydrogens is 244 g/mol. The third-order valence-electron chi connectivity index (χ3n) is 2.80. The van der Waals surface area contributed by atoms with E-state index in [4.69, 9.17) is 5.73 Å². The molecule has 96 valence electrons. The maximum atomic E-state index is 12.0. The van der Waals surface area contributed by atoms with Crippen molar-refractivity contribution in [1.29, 1.82) is 0 Å². The van der Waals surface area contributed by atoms with Gasteiger partial charge in [0.25, 0.3) is 0 Å². The molecule has 0 saturated carbocycles. The number of rotatable bonds is 4. The minimum absolute atomic E-state index is 0. The Morgan fingerprint density at radius 1 is 1.56 bits per heavy atom. The van der Waals surface area contributed by atoms with Crippen LogP contribution in [0, 0.1) is 5.41 Å². The number of nitrogens with two attached hydrogens (primary N) is 1. The molecule has 0 spiro atoms. The zero-order valence-corrected chi connectivity index (χ0v) is 12.0. The zero-order valence-electron chi connectivity index (χ0n) is 10.4. The maximum Gasteiger partial charge on any atom is 0.235 e. The highest BCUT2D eigenvalue weighted by Gasteiger charge is 2.28. The topological polar surface area (TPSA) is 46.3 Å². The van der Waals surface area contributed by atoms with Gasteiger partial charge < -0.3 is 10.6 Å². The molecule has 1 unspecified atom stereocenters. The van der Waals surface area contributed by atoms with Crippen molar-refractivity contribution in [2.24, 2.45) is 11.1 Å². The Kier molecular flexibility index (Phi) is 6.75. The van der Waals surface area contributed by atoms with Crippen molar-refractivity contribution in [3.05, 3.63) is 0 Å². The van der Waals surface area contributed by atoms with Gasteiger partial charge in [-0.25, -0.2) is 0 Å². The Morgan fingerprint density at radius 3 is 2.62 bits per heavy atom. The van der Waals surface area contributed by atoms with Gasteiger partial charge in [0.05, 0.1) is 5.25 Å². The lowest BCUT2D eigenvalue weighted by molar-refractivity contribution is -0.130. The standard InChI is InChI=1S/C11H22N2OS.ClH/c1-11(2,7-12)8-13(3)10(14)9-5-4-6-15-9;/h9H,4-8,12H2,1-3H3;1H. The number of thioether (sulfide) groups is 1. The van der Waals surface area contributed by atoms with Crippen LogP contribution < -0.4 is 5.73 Å². The van der Waals surface area contributed by atoms with Crippen LogP contribution in [-0.2, 0) is 4.79 Å². The van der Waals surface area contributed by atoms with Crippen LogP contribution in [0.4, 0.5) is 0 Å². The molecule has 16 heavy (non-hydrogen) atoms. The first-order valence-electron chi connectivity index (χ1n) is 5.53. The second kappa shape index (κ2) is 6.72. The van der Waals surface area contributed by atoms with E-state index in [-0.39, 0.29) is 29.0 Å². The first kappa shape index (κ1) is 16.1. The van der Waals surface area contributed by atoms with E-state index in [0.717, 1.165) is 18.7 Å². The van der Waals surface area contributed by atoms with Crippen molar-refractivity contribution in [3.63, 3.8) is 0 Å². The number of hydrogen-bond acceptors (Lipinski definition) is 3. The number of nitrogens with zero attached hydrogens (tertiary/aromatic N) is 1. The second-order valence-corrected chi connectivity index (χ2v) is 6.37. The van der Waals surface area contributed by atoms with Gasteiger partial charge in [-0.2, -0.15) is 0 Å². The Labute approximate surface area is 109 Å². The monoisotopic (exact) mass is 266 g/mol. The van der Waals surface area contributed by atoms with E-state index in [1.54, 1.807) is 11.8 Å². The van der Waals surface area contributed by atoms with Crippen LogP contribution >= 0.6 is 24.2 Å². The molecule has 0 radical (unpaired) electrons. The lowest BCUT2D eigenvalue weighted by Crippen LogP contribution is -2.42. The van der Waals surface area contributed by atoms with Crippen molar-refractivity contribution >= 4 is 30.1 Å². The molecule has 5 heteroatoms. The van der Waals surface area contributed by atoms with Crippen molar-refractivity contribution in [3.8, 4) is 0 Å². The van der Waals surface area contributed by atoms with E-state index in [0.29, 0.717) is 6.54 Å². The molecule has 1 rings (SSSR count). The number of amides is 1. The largest absolute Gasteiger partial charge is 0.344 e. The molecule has 1 fully saturated rings. The van der Waals surface area contributed by atoms with Crippen molar-refractivity contribution in [2.75, 3.05) is 25.9 Å². The Hall–Kier alpha value is 0.0700. The summed E-state index contributed by atoms with van der Waals surface area (Å²) >= 11 is 1.79. The molecule has 1 amide bonds. The van der Waals surface area contributed by atoms with Crippen LogP contribution in [-0.4, -0.2) is 41.9 Å². The molecule has 0 aromatic carbocycles. The molecular formula is C11H23ClN2OS. The van der Waals surface area contributed by atoms with Crippen molar-refractivity contribution in [1.82, 2.24) is 4.90 Å². The van der Waals surface area contributed by atoms with E-state index in [2.05, 4.69) is 13.8 Å². The van der Waals surface area contributed by atoms with Gasteiger partial charge in [0.1, 0.15) is 0 Å². The van der Waals surface area contributed by atoms with Gasteiger partial charge in [-0.1, -0.05) is 13.8 Å². The molecule has 1 aliphatic heterocycles. The minimum atomic E-state index is 0. The summed E-state index contributed by atoms with van der Waals surface area (Å²) in [5.41, 5.74) is 5.69. The number of carbonyl (C=O) groups excluding carboxylic acids is 1. The number of hydrogen-bond donors (Lipinski definition) is 1. The van der Waals surface area contributed by atoms with Crippen LogP contribution in [0.3, 0.4) is 0 Å². The van der Waals surface area contributed by atoms with Gasteiger partial charge in [0, 0.05) is 13.6 Å². The van der Waals surface area contributed by atoms with E-state index in [1.807, 2.05) is 11.9 Å². The summed E-state index contributed by atoms with van der Waals surface area (Å²) in [7, 11) is 1.89. The average molecular weight is 267 g/mol. The predicted octanol–water partition coefficient (Wildman–Crippen LogP) is 1.75. The van der Waals surface area contributed by atoms with Gasteiger partial charge in [0.15, 0.2) is 0 Å². The average Bonchev–Trinajstić information content (AvgIpc) is 2.68. The Morgan fingerprint density at radius 2 is 2.19 bits per heavy atom.